The maximum atomic E-state index is 12.5. The van der Waals surface area contributed by atoms with E-state index in [1.165, 1.54) is 24.3 Å². The molecule has 0 atom stereocenters. The maximum Gasteiger partial charge on any atom is 0.274 e. The van der Waals surface area contributed by atoms with E-state index in [0.29, 0.717) is 24.7 Å². The number of benzene rings is 2. The molecule has 0 fully saturated rings. The molecule has 0 spiro atoms. The van der Waals surface area contributed by atoms with Crippen LogP contribution in [-0.4, -0.2) is 27.5 Å². The van der Waals surface area contributed by atoms with E-state index in [9.17, 15) is 13.2 Å². The van der Waals surface area contributed by atoms with Gasteiger partial charge in [-0.15, -0.1) is 0 Å². The number of nitrogens with one attached hydrogen (secondary N) is 2. The van der Waals surface area contributed by atoms with Crippen LogP contribution in [0.15, 0.2) is 53.4 Å². The molecule has 7 nitrogen and oxygen atoms in total. The van der Waals surface area contributed by atoms with Crippen molar-refractivity contribution < 1.29 is 22.8 Å². The van der Waals surface area contributed by atoms with Crippen LogP contribution in [0.5, 0.6) is 5.75 Å². The van der Waals surface area contributed by atoms with Crippen LogP contribution in [0.1, 0.15) is 24.2 Å². The highest BCUT2D eigenvalue weighted by Gasteiger charge is 2.16. The first kappa shape index (κ1) is 18.8. The van der Waals surface area contributed by atoms with Crippen LogP contribution in [0.4, 0.5) is 5.69 Å². The summed E-state index contributed by atoms with van der Waals surface area (Å²) in [5.74, 6) is 0.139. The molecule has 8 heteroatoms. The van der Waals surface area contributed by atoms with Crippen LogP contribution in [0, 0.1) is 0 Å². The van der Waals surface area contributed by atoms with Gasteiger partial charge in [-0.25, -0.2) is 13.9 Å². The van der Waals surface area contributed by atoms with Gasteiger partial charge in [0.15, 0.2) is 0 Å². The minimum absolute atomic E-state index is 0.0227. The molecule has 0 aromatic heterocycles. The molecule has 134 valence electrons. The molecule has 0 heterocycles. The van der Waals surface area contributed by atoms with E-state index >= 15 is 0 Å². The van der Waals surface area contributed by atoms with Crippen LogP contribution in [0.3, 0.4) is 0 Å². The van der Waals surface area contributed by atoms with E-state index in [1.54, 1.807) is 31.2 Å². The van der Waals surface area contributed by atoms with Gasteiger partial charge in [-0.05, 0) is 56.3 Å². The van der Waals surface area contributed by atoms with Crippen molar-refractivity contribution in [3.63, 3.8) is 0 Å². The van der Waals surface area contributed by atoms with Crippen LogP contribution in [0.2, 0.25) is 0 Å². The van der Waals surface area contributed by atoms with Gasteiger partial charge in [0.25, 0.3) is 15.9 Å². The van der Waals surface area contributed by atoms with Crippen molar-refractivity contribution in [1.82, 2.24) is 5.48 Å². The van der Waals surface area contributed by atoms with Gasteiger partial charge in [-0.3, -0.25) is 14.4 Å². The van der Waals surface area contributed by atoms with E-state index in [4.69, 9.17) is 9.57 Å². The van der Waals surface area contributed by atoms with Gasteiger partial charge < -0.3 is 4.74 Å². The third-order valence-electron chi connectivity index (χ3n) is 3.13. The molecule has 0 unspecified atom stereocenters. The Morgan fingerprint density at radius 2 is 1.76 bits per heavy atom. The van der Waals surface area contributed by atoms with Crippen molar-refractivity contribution in [3.8, 4) is 5.75 Å². The monoisotopic (exact) mass is 364 g/mol. The van der Waals surface area contributed by atoms with E-state index in [1.807, 2.05) is 6.92 Å². The van der Waals surface area contributed by atoms with Crippen molar-refractivity contribution in [1.29, 1.82) is 0 Å². The lowest BCUT2D eigenvalue weighted by Gasteiger charge is -2.10. The fourth-order valence-electron chi connectivity index (χ4n) is 2.00. The molecule has 0 bridgehead atoms. The molecular formula is C17H20N2O5S. The Morgan fingerprint density at radius 3 is 2.40 bits per heavy atom. The predicted octanol–water partition coefficient (Wildman–Crippen LogP) is 2.57. The number of amides is 1. The maximum absolute atomic E-state index is 12.5. The van der Waals surface area contributed by atoms with E-state index < -0.39 is 15.9 Å². The summed E-state index contributed by atoms with van der Waals surface area (Å²) in [4.78, 5) is 16.7. The highest BCUT2D eigenvalue weighted by atomic mass is 32.2. The number of hydrogen-bond acceptors (Lipinski definition) is 5. The number of anilines is 1. The standard InChI is InChI=1S/C17H20N2O5S/c1-3-23-15-10-8-14(9-11-15)19-25(21,22)16-7-5-6-13(12-16)17(20)18-24-4-2/h5-12,19H,3-4H2,1-2H3,(H,18,20). The summed E-state index contributed by atoms with van der Waals surface area (Å²) in [7, 11) is -3.83. The Morgan fingerprint density at radius 1 is 1.04 bits per heavy atom. The molecular weight excluding hydrogens is 344 g/mol. The number of ether oxygens (including phenoxy) is 1. The molecule has 0 aliphatic rings. The number of hydroxylamine groups is 1. The minimum Gasteiger partial charge on any atom is -0.494 e. The van der Waals surface area contributed by atoms with Crippen molar-refractivity contribution >= 4 is 21.6 Å². The van der Waals surface area contributed by atoms with Crippen LogP contribution in [-0.2, 0) is 14.9 Å². The molecule has 1 amide bonds. The van der Waals surface area contributed by atoms with E-state index in [-0.39, 0.29) is 10.5 Å². The van der Waals surface area contributed by atoms with Gasteiger partial charge in [0, 0.05) is 11.3 Å². The zero-order valence-corrected chi connectivity index (χ0v) is 14.8. The predicted molar refractivity (Wildman–Crippen MR) is 94.0 cm³/mol. The highest BCUT2D eigenvalue weighted by molar-refractivity contribution is 7.92. The summed E-state index contributed by atoms with van der Waals surface area (Å²) in [5, 5.41) is 0. The summed E-state index contributed by atoms with van der Waals surface area (Å²) in [6.07, 6.45) is 0. The Bertz CT molecular complexity index is 819. The van der Waals surface area contributed by atoms with E-state index in [2.05, 4.69) is 10.2 Å². The van der Waals surface area contributed by atoms with Gasteiger partial charge >= 0.3 is 0 Å². The second kappa shape index (κ2) is 8.50. The third kappa shape index (κ3) is 5.20. The molecule has 25 heavy (non-hydrogen) atoms. The molecule has 2 rings (SSSR count). The Hall–Kier alpha value is -2.58. The first-order valence-corrected chi connectivity index (χ1v) is 9.22. The topological polar surface area (TPSA) is 93.7 Å². The number of hydrogen-bond donors (Lipinski definition) is 2. The van der Waals surface area contributed by atoms with Gasteiger partial charge in [0.1, 0.15) is 5.75 Å². The third-order valence-corrected chi connectivity index (χ3v) is 4.51. The zero-order valence-electron chi connectivity index (χ0n) is 14.0. The number of sulfonamides is 1. The molecule has 0 saturated heterocycles. The lowest BCUT2D eigenvalue weighted by atomic mass is 10.2. The molecule has 0 radical (unpaired) electrons. The Labute approximate surface area is 147 Å². The molecule has 0 aliphatic heterocycles. The van der Waals surface area contributed by atoms with Crippen molar-refractivity contribution in [2.45, 2.75) is 18.7 Å². The van der Waals surface area contributed by atoms with Gasteiger partial charge in [-0.1, -0.05) is 6.07 Å². The number of rotatable bonds is 8. The average Bonchev–Trinajstić information content (AvgIpc) is 2.61. The lowest BCUT2D eigenvalue weighted by molar-refractivity contribution is 0.0364. The zero-order chi connectivity index (χ0) is 18.3. The molecule has 2 aromatic rings. The second-order valence-electron chi connectivity index (χ2n) is 4.95. The number of carbonyl (C=O) groups is 1. The molecule has 2 aromatic carbocycles. The summed E-state index contributed by atoms with van der Waals surface area (Å²) >= 11 is 0. The first-order valence-electron chi connectivity index (χ1n) is 7.74. The van der Waals surface area contributed by atoms with Crippen LogP contribution in [0.25, 0.3) is 0 Å². The second-order valence-corrected chi connectivity index (χ2v) is 6.64. The summed E-state index contributed by atoms with van der Waals surface area (Å²) in [6, 6.07) is 12.3. The largest absolute Gasteiger partial charge is 0.494 e. The molecule has 0 aliphatic carbocycles. The molecule has 2 N–H and O–H groups in total. The van der Waals surface area contributed by atoms with Crippen LogP contribution < -0.4 is 14.9 Å². The lowest BCUT2D eigenvalue weighted by Crippen LogP contribution is -2.24. The van der Waals surface area contributed by atoms with Crippen molar-refractivity contribution in [2.75, 3.05) is 17.9 Å². The minimum atomic E-state index is -3.83. The van der Waals surface area contributed by atoms with Gasteiger partial charge in [-0.2, -0.15) is 0 Å². The van der Waals surface area contributed by atoms with Crippen molar-refractivity contribution in [2.24, 2.45) is 0 Å². The Kier molecular flexibility index (Phi) is 6.37. The summed E-state index contributed by atoms with van der Waals surface area (Å²) in [5.41, 5.74) is 2.81. The quantitative estimate of drug-likeness (QED) is 0.702. The highest BCUT2D eigenvalue weighted by Crippen LogP contribution is 2.20. The van der Waals surface area contributed by atoms with Crippen LogP contribution >= 0.6 is 0 Å². The fraction of sp³-hybridized carbons (Fsp3) is 0.235. The first-order chi connectivity index (χ1) is 12.0. The summed E-state index contributed by atoms with van der Waals surface area (Å²) < 4.78 is 32.8. The Balaban J connectivity index is 2.17. The van der Waals surface area contributed by atoms with E-state index in [0.717, 1.165) is 0 Å². The van der Waals surface area contributed by atoms with Gasteiger partial charge in [0.2, 0.25) is 0 Å². The smallest absolute Gasteiger partial charge is 0.274 e. The van der Waals surface area contributed by atoms with Gasteiger partial charge in [0.05, 0.1) is 18.1 Å². The summed E-state index contributed by atoms with van der Waals surface area (Å²) in [6.45, 7) is 4.43. The SMILES string of the molecule is CCONC(=O)c1cccc(S(=O)(=O)Nc2ccc(OCC)cc2)c1. The normalized spacial score (nSPS) is 11.0. The fourth-order valence-corrected chi connectivity index (χ4v) is 3.11. The average molecular weight is 364 g/mol. The molecule has 0 saturated carbocycles. The van der Waals surface area contributed by atoms with Crippen molar-refractivity contribution in [3.05, 3.63) is 54.1 Å². The number of carbonyl (C=O) groups excluding carboxylic acids is 1.